The van der Waals surface area contributed by atoms with Crippen LogP contribution in [-0.2, 0) is 4.74 Å². The monoisotopic (exact) mass is 115 g/mol. The van der Waals surface area contributed by atoms with Crippen molar-refractivity contribution in [3.8, 4) is 0 Å². The van der Waals surface area contributed by atoms with Gasteiger partial charge in [0.2, 0.25) is 0 Å². The molecule has 0 aromatic carbocycles. The van der Waals surface area contributed by atoms with Crippen molar-refractivity contribution in [2.24, 2.45) is 11.7 Å². The summed E-state index contributed by atoms with van der Waals surface area (Å²) in [6.45, 7) is 3.83. The number of nitrogens with two attached hydrogens (primary N) is 1. The van der Waals surface area contributed by atoms with E-state index in [2.05, 4.69) is 6.92 Å². The first-order valence-corrected chi connectivity index (χ1v) is 3.14. The van der Waals surface area contributed by atoms with Crippen LogP contribution in [-0.4, -0.2) is 19.3 Å². The molecular weight excluding hydrogens is 102 g/mol. The van der Waals surface area contributed by atoms with Crippen molar-refractivity contribution in [2.75, 3.05) is 13.2 Å². The van der Waals surface area contributed by atoms with Crippen molar-refractivity contribution in [3.05, 3.63) is 0 Å². The minimum absolute atomic E-state index is 0.378. The minimum atomic E-state index is 0.378. The maximum absolute atomic E-state index is 5.70. The second-order valence-electron chi connectivity index (χ2n) is 2.50. The molecule has 1 aliphatic rings. The molecule has 48 valence electrons. The van der Waals surface area contributed by atoms with E-state index in [1.165, 1.54) is 0 Å². The van der Waals surface area contributed by atoms with E-state index in [0.717, 1.165) is 19.6 Å². The van der Waals surface area contributed by atoms with E-state index < -0.39 is 0 Å². The predicted molar refractivity (Wildman–Crippen MR) is 32.6 cm³/mol. The smallest absolute Gasteiger partial charge is 0.0506 e. The van der Waals surface area contributed by atoms with Gasteiger partial charge in [-0.2, -0.15) is 0 Å². The lowest BCUT2D eigenvalue weighted by Crippen LogP contribution is -2.36. The quantitative estimate of drug-likeness (QED) is 0.495. The second-order valence-corrected chi connectivity index (χ2v) is 2.50. The molecule has 0 spiro atoms. The van der Waals surface area contributed by atoms with Crippen LogP contribution in [0.15, 0.2) is 0 Å². The van der Waals surface area contributed by atoms with Crippen LogP contribution >= 0.6 is 0 Å². The molecule has 0 bridgehead atoms. The lowest BCUT2D eigenvalue weighted by molar-refractivity contribution is 0.0491. The Morgan fingerprint density at radius 2 is 2.38 bits per heavy atom. The Bertz CT molecular complexity index is 64.9. The zero-order valence-corrected chi connectivity index (χ0v) is 5.26. The molecule has 2 N–H and O–H groups in total. The zero-order chi connectivity index (χ0) is 5.98. The molecule has 1 heterocycles. The van der Waals surface area contributed by atoms with E-state index in [4.69, 9.17) is 10.5 Å². The largest absolute Gasteiger partial charge is 0.381 e. The summed E-state index contributed by atoms with van der Waals surface area (Å²) in [6, 6.07) is 0.378. The first-order chi connectivity index (χ1) is 3.80. The number of rotatable bonds is 0. The molecule has 0 amide bonds. The summed E-state index contributed by atoms with van der Waals surface area (Å²) < 4.78 is 5.17. The molecule has 1 fully saturated rings. The van der Waals surface area contributed by atoms with Crippen LogP contribution in [0.1, 0.15) is 13.3 Å². The van der Waals surface area contributed by atoms with Crippen LogP contribution in [0.4, 0.5) is 0 Å². The van der Waals surface area contributed by atoms with Crippen LogP contribution in [0, 0.1) is 5.92 Å². The molecule has 1 saturated heterocycles. The summed E-state index contributed by atoms with van der Waals surface area (Å²) in [5.41, 5.74) is 5.70. The third-order valence-electron chi connectivity index (χ3n) is 1.71. The van der Waals surface area contributed by atoms with Gasteiger partial charge in [-0.1, -0.05) is 6.92 Å². The Morgan fingerprint density at radius 3 is 2.75 bits per heavy atom. The molecule has 1 rings (SSSR count). The van der Waals surface area contributed by atoms with Crippen molar-refractivity contribution in [1.29, 1.82) is 0 Å². The van der Waals surface area contributed by atoms with Crippen molar-refractivity contribution >= 4 is 0 Å². The summed E-state index contributed by atoms with van der Waals surface area (Å²) in [6.07, 6.45) is 1.03. The molecule has 0 unspecified atom stereocenters. The van der Waals surface area contributed by atoms with Crippen molar-refractivity contribution < 1.29 is 4.74 Å². The molecule has 0 aliphatic carbocycles. The van der Waals surface area contributed by atoms with Gasteiger partial charge in [-0.05, 0) is 12.3 Å². The van der Waals surface area contributed by atoms with E-state index in [9.17, 15) is 0 Å². The van der Waals surface area contributed by atoms with Crippen molar-refractivity contribution in [2.45, 2.75) is 19.4 Å². The van der Waals surface area contributed by atoms with Gasteiger partial charge in [0.05, 0.1) is 6.61 Å². The highest BCUT2D eigenvalue weighted by Crippen LogP contribution is 2.10. The summed E-state index contributed by atoms with van der Waals surface area (Å²) >= 11 is 0. The fourth-order valence-corrected chi connectivity index (χ4v) is 0.897. The van der Waals surface area contributed by atoms with Gasteiger partial charge in [0.1, 0.15) is 0 Å². The maximum Gasteiger partial charge on any atom is 0.0506 e. The zero-order valence-electron chi connectivity index (χ0n) is 5.26. The predicted octanol–water partition coefficient (Wildman–Crippen LogP) is 0.370. The Morgan fingerprint density at radius 1 is 1.62 bits per heavy atom. The van der Waals surface area contributed by atoms with E-state index >= 15 is 0 Å². The van der Waals surface area contributed by atoms with Gasteiger partial charge in [0.25, 0.3) is 0 Å². The molecule has 8 heavy (non-hydrogen) atoms. The Kier molecular flexibility index (Phi) is 1.86. The SMILES string of the molecule is C[C@H]1COCC[C@H]1N. The molecule has 0 radical (unpaired) electrons. The average Bonchev–Trinajstić information content (AvgIpc) is 1.77. The minimum Gasteiger partial charge on any atom is -0.381 e. The lowest BCUT2D eigenvalue weighted by atomic mass is 9.99. The van der Waals surface area contributed by atoms with E-state index in [-0.39, 0.29) is 0 Å². The lowest BCUT2D eigenvalue weighted by Gasteiger charge is -2.24. The molecule has 0 saturated carbocycles. The molecule has 2 heteroatoms. The van der Waals surface area contributed by atoms with Crippen molar-refractivity contribution in [1.82, 2.24) is 0 Å². The van der Waals surface area contributed by atoms with Gasteiger partial charge in [-0.15, -0.1) is 0 Å². The number of hydrogen-bond donors (Lipinski definition) is 1. The summed E-state index contributed by atoms with van der Waals surface area (Å²) in [5.74, 6) is 0.559. The van der Waals surface area contributed by atoms with Gasteiger partial charge >= 0.3 is 0 Å². The van der Waals surface area contributed by atoms with Crippen LogP contribution in [0.5, 0.6) is 0 Å². The van der Waals surface area contributed by atoms with Crippen LogP contribution < -0.4 is 5.73 Å². The Balaban J connectivity index is 2.28. The fourth-order valence-electron chi connectivity index (χ4n) is 0.897. The number of hydrogen-bond acceptors (Lipinski definition) is 2. The molecule has 0 aromatic heterocycles. The van der Waals surface area contributed by atoms with Gasteiger partial charge in [0, 0.05) is 12.6 Å². The third kappa shape index (κ3) is 1.20. The molecule has 2 nitrogen and oxygen atoms in total. The summed E-state index contributed by atoms with van der Waals surface area (Å²) in [4.78, 5) is 0. The van der Waals surface area contributed by atoms with Crippen LogP contribution in [0.2, 0.25) is 0 Å². The highest BCUT2D eigenvalue weighted by atomic mass is 16.5. The van der Waals surface area contributed by atoms with Gasteiger partial charge in [-0.25, -0.2) is 0 Å². The highest BCUT2D eigenvalue weighted by molar-refractivity contribution is 4.71. The van der Waals surface area contributed by atoms with Gasteiger partial charge < -0.3 is 10.5 Å². The van der Waals surface area contributed by atoms with Crippen LogP contribution in [0.3, 0.4) is 0 Å². The molecule has 0 aromatic rings. The summed E-state index contributed by atoms with van der Waals surface area (Å²) in [5, 5.41) is 0. The standard InChI is InChI=1S/C6H13NO/c1-5-4-8-3-2-6(5)7/h5-6H,2-4,7H2,1H3/t5-,6+/m0/s1. The highest BCUT2D eigenvalue weighted by Gasteiger charge is 2.16. The van der Waals surface area contributed by atoms with Gasteiger partial charge in [0.15, 0.2) is 0 Å². The summed E-state index contributed by atoms with van der Waals surface area (Å²) in [7, 11) is 0. The Hall–Kier alpha value is -0.0800. The van der Waals surface area contributed by atoms with Gasteiger partial charge in [-0.3, -0.25) is 0 Å². The fraction of sp³-hybridized carbons (Fsp3) is 1.00. The third-order valence-corrected chi connectivity index (χ3v) is 1.71. The Labute approximate surface area is 50.0 Å². The van der Waals surface area contributed by atoms with Crippen molar-refractivity contribution in [3.63, 3.8) is 0 Å². The van der Waals surface area contributed by atoms with E-state index in [1.54, 1.807) is 0 Å². The maximum atomic E-state index is 5.70. The number of ether oxygens (including phenoxy) is 1. The molecular formula is C6H13NO. The first-order valence-electron chi connectivity index (χ1n) is 3.14. The van der Waals surface area contributed by atoms with E-state index in [1.807, 2.05) is 0 Å². The average molecular weight is 115 g/mol. The second kappa shape index (κ2) is 2.46. The topological polar surface area (TPSA) is 35.2 Å². The molecule has 1 aliphatic heterocycles. The van der Waals surface area contributed by atoms with Crippen LogP contribution in [0.25, 0.3) is 0 Å². The normalized spacial score (nSPS) is 39.8. The molecule has 2 atom stereocenters. The first kappa shape index (κ1) is 6.05. The van der Waals surface area contributed by atoms with E-state index in [0.29, 0.717) is 12.0 Å².